The van der Waals surface area contributed by atoms with Crippen molar-refractivity contribution in [3.8, 4) is 0 Å². The van der Waals surface area contributed by atoms with Crippen molar-refractivity contribution in [3.63, 3.8) is 0 Å². The minimum absolute atomic E-state index is 0.201. The Morgan fingerprint density at radius 3 is 2.56 bits per heavy atom. The zero-order valence-corrected chi connectivity index (χ0v) is 9.98. The Morgan fingerprint density at radius 2 is 1.94 bits per heavy atom. The number of carboxylic acids is 1. The molecule has 0 saturated heterocycles. The summed E-state index contributed by atoms with van der Waals surface area (Å²) in [5.74, 6) is -0.764. The summed E-state index contributed by atoms with van der Waals surface area (Å²) in [5.41, 5.74) is 0. The standard InChI is InChI=1S/C14H24O2/c1-2-3-4-5-6-7-8-9-10-11-12-13-14(15)16/h6-7,9-10H,2-5,8,11-13H2,1H3,(H,15,16)/b7-6-,10-9-/i3D2,4D. The molecule has 0 heterocycles. The third-order valence-corrected chi connectivity index (χ3v) is 1.97. The van der Waals surface area contributed by atoms with Crippen LogP contribution in [0.15, 0.2) is 24.3 Å². The Balaban J connectivity index is 3.69. The highest BCUT2D eigenvalue weighted by Crippen LogP contribution is 2.01. The predicted molar refractivity (Wildman–Crippen MR) is 68.5 cm³/mol. The Kier molecular flexibility index (Phi) is 7.61. The molecule has 1 N–H and O–H groups in total. The van der Waals surface area contributed by atoms with Gasteiger partial charge in [0.05, 0.1) is 0 Å². The lowest BCUT2D eigenvalue weighted by molar-refractivity contribution is -0.137. The molecule has 1 atom stereocenters. The molecule has 92 valence electrons. The van der Waals surface area contributed by atoms with E-state index in [1.54, 1.807) is 6.92 Å². The van der Waals surface area contributed by atoms with Gasteiger partial charge in [-0.15, -0.1) is 0 Å². The van der Waals surface area contributed by atoms with Crippen LogP contribution in [0.25, 0.3) is 0 Å². The van der Waals surface area contributed by atoms with E-state index in [0.717, 1.165) is 12.8 Å². The summed E-state index contributed by atoms with van der Waals surface area (Å²) >= 11 is 0. The summed E-state index contributed by atoms with van der Waals surface area (Å²) in [4.78, 5) is 10.3. The molecular weight excluding hydrogens is 200 g/mol. The predicted octanol–water partition coefficient (Wildman–Crippen LogP) is 4.32. The fourth-order valence-electron chi connectivity index (χ4n) is 1.15. The SMILES string of the molecule is [2H]C(C/C=C\C/C=C\CCCC(=O)O)C([2H])([2H])CC. The second kappa shape index (κ2) is 12.0. The van der Waals surface area contributed by atoms with Crippen LogP contribution in [-0.4, -0.2) is 11.1 Å². The topological polar surface area (TPSA) is 37.3 Å². The fourth-order valence-corrected chi connectivity index (χ4v) is 1.15. The van der Waals surface area contributed by atoms with Gasteiger partial charge in [-0.05, 0) is 32.1 Å². The molecule has 0 spiro atoms. The first-order valence-corrected chi connectivity index (χ1v) is 5.84. The van der Waals surface area contributed by atoms with Crippen molar-refractivity contribution in [1.29, 1.82) is 0 Å². The van der Waals surface area contributed by atoms with Crippen LogP contribution < -0.4 is 0 Å². The van der Waals surface area contributed by atoms with Crippen molar-refractivity contribution >= 4 is 5.97 Å². The van der Waals surface area contributed by atoms with Crippen LogP contribution in [-0.2, 0) is 4.79 Å². The monoisotopic (exact) mass is 227 g/mol. The smallest absolute Gasteiger partial charge is 0.303 e. The van der Waals surface area contributed by atoms with Gasteiger partial charge in [0.1, 0.15) is 0 Å². The lowest BCUT2D eigenvalue weighted by Crippen LogP contribution is -1.92. The van der Waals surface area contributed by atoms with E-state index in [1.165, 1.54) is 0 Å². The molecule has 0 rings (SSSR count). The first-order chi connectivity index (χ1) is 8.90. The molecule has 2 nitrogen and oxygen atoms in total. The zero-order valence-electron chi connectivity index (χ0n) is 13.0. The highest BCUT2D eigenvalue weighted by Gasteiger charge is 1.92. The van der Waals surface area contributed by atoms with Gasteiger partial charge in [-0.25, -0.2) is 0 Å². The minimum Gasteiger partial charge on any atom is -0.481 e. The fraction of sp³-hybridized carbons (Fsp3) is 0.643. The summed E-state index contributed by atoms with van der Waals surface area (Å²) in [6.07, 6.45) is 8.69. The molecule has 0 aliphatic heterocycles. The van der Waals surface area contributed by atoms with Gasteiger partial charge in [-0.3, -0.25) is 4.79 Å². The van der Waals surface area contributed by atoms with Gasteiger partial charge in [0.15, 0.2) is 0 Å². The Bertz CT molecular complexity index is 312. The normalized spacial score (nSPS) is 17.2. The maximum Gasteiger partial charge on any atom is 0.303 e. The maximum atomic E-state index is 10.3. The van der Waals surface area contributed by atoms with E-state index in [2.05, 4.69) is 0 Å². The number of hydrogen-bond acceptors (Lipinski definition) is 1. The highest BCUT2D eigenvalue weighted by molar-refractivity contribution is 5.66. The average Bonchev–Trinajstić information content (AvgIpc) is 2.36. The maximum absolute atomic E-state index is 10.3. The highest BCUT2D eigenvalue weighted by atomic mass is 16.4. The van der Waals surface area contributed by atoms with E-state index in [0.29, 0.717) is 19.3 Å². The molecule has 0 aromatic carbocycles. The third kappa shape index (κ3) is 12.9. The van der Waals surface area contributed by atoms with Crippen LogP contribution >= 0.6 is 0 Å². The van der Waals surface area contributed by atoms with Gasteiger partial charge < -0.3 is 5.11 Å². The van der Waals surface area contributed by atoms with Gasteiger partial charge in [-0.1, -0.05) is 44.0 Å². The van der Waals surface area contributed by atoms with Crippen molar-refractivity contribution in [2.45, 2.75) is 58.2 Å². The van der Waals surface area contributed by atoms with Crippen molar-refractivity contribution in [3.05, 3.63) is 24.3 Å². The van der Waals surface area contributed by atoms with Gasteiger partial charge in [0.2, 0.25) is 0 Å². The molecule has 16 heavy (non-hydrogen) atoms. The Labute approximate surface area is 103 Å². The lowest BCUT2D eigenvalue weighted by Gasteiger charge is -1.91. The Morgan fingerprint density at radius 1 is 1.25 bits per heavy atom. The van der Waals surface area contributed by atoms with E-state index < -0.39 is 18.7 Å². The van der Waals surface area contributed by atoms with Crippen LogP contribution in [0.3, 0.4) is 0 Å². The molecule has 0 saturated carbocycles. The van der Waals surface area contributed by atoms with Crippen LogP contribution in [0.2, 0.25) is 0 Å². The van der Waals surface area contributed by atoms with Crippen LogP contribution in [0.4, 0.5) is 0 Å². The van der Waals surface area contributed by atoms with Crippen LogP contribution in [0, 0.1) is 0 Å². The van der Waals surface area contributed by atoms with Gasteiger partial charge in [0, 0.05) is 10.5 Å². The molecule has 0 amide bonds. The molecule has 1 unspecified atom stereocenters. The van der Waals surface area contributed by atoms with E-state index in [9.17, 15) is 4.79 Å². The first-order valence-electron chi connectivity index (χ1n) is 7.42. The Hall–Kier alpha value is -1.05. The molecule has 2 heteroatoms. The molecule has 0 aromatic rings. The molecule has 0 aromatic heterocycles. The molecule has 0 aliphatic rings. The number of carboxylic acid groups (broad SMARTS) is 1. The molecular formula is C14H24O2. The molecule has 0 bridgehead atoms. The summed E-state index contributed by atoms with van der Waals surface area (Å²) < 4.78 is 22.9. The number of aliphatic carboxylic acids is 1. The van der Waals surface area contributed by atoms with E-state index in [4.69, 9.17) is 9.22 Å². The second-order valence-corrected chi connectivity index (χ2v) is 3.46. The number of allylic oxidation sites excluding steroid dienone is 4. The molecule has 0 fully saturated rings. The number of hydrogen-bond donors (Lipinski definition) is 1. The summed E-state index contributed by atoms with van der Waals surface area (Å²) in [6, 6.07) is 0. The van der Waals surface area contributed by atoms with Gasteiger partial charge in [-0.2, -0.15) is 0 Å². The quantitative estimate of drug-likeness (QED) is 0.445. The van der Waals surface area contributed by atoms with E-state index in [1.807, 2.05) is 24.3 Å². The van der Waals surface area contributed by atoms with Crippen molar-refractivity contribution < 1.29 is 14.0 Å². The van der Waals surface area contributed by atoms with Crippen molar-refractivity contribution in [1.82, 2.24) is 0 Å². The van der Waals surface area contributed by atoms with Crippen LogP contribution in [0.1, 0.15) is 62.3 Å². The van der Waals surface area contributed by atoms with E-state index >= 15 is 0 Å². The molecule has 0 radical (unpaired) electrons. The number of rotatable bonds is 10. The minimum atomic E-state index is -1.42. The largest absolute Gasteiger partial charge is 0.481 e. The van der Waals surface area contributed by atoms with Crippen LogP contribution in [0.5, 0.6) is 0 Å². The first kappa shape index (κ1) is 10.1. The van der Waals surface area contributed by atoms with Crippen molar-refractivity contribution in [2.75, 3.05) is 0 Å². The summed E-state index contributed by atoms with van der Waals surface area (Å²) in [5, 5.41) is 8.44. The van der Waals surface area contributed by atoms with E-state index in [-0.39, 0.29) is 6.42 Å². The zero-order chi connectivity index (χ0) is 14.7. The van der Waals surface area contributed by atoms with Gasteiger partial charge in [0.25, 0.3) is 0 Å². The van der Waals surface area contributed by atoms with Crippen molar-refractivity contribution in [2.24, 2.45) is 0 Å². The van der Waals surface area contributed by atoms with Gasteiger partial charge >= 0.3 is 5.97 Å². The molecule has 0 aliphatic carbocycles. The summed E-state index contributed by atoms with van der Waals surface area (Å²) in [6.45, 7) is 1.76. The third-order valence-electron chi connectivity index (χ3n) is 1.97. The summed E-state index contributed by atoms with van der Waals surface area (Å²) in [7, 11) is 0. The number of carbonyl (C=O) groups is 1. The average molecular weight is 227 g/mol. The second-order valence-electron chi connectivity index (χ2n) is 3.46. The lowest BCUT2D eigenvalue weighted by atomic mass is 10.2. The number of unbranched alkanes of at least 4 members (excludes halogenated alkanes) is 1.